The minimum atomic E-state index is -3.20. The van der Waals surface area contributed by atoms with Crippen LogP contribution in [0.15, 0.2) is 60.8 Å². The summed E-state index contributed by atoms with van der Waals surface area (Å²) < 4.78 is 37.7. The summed E-state index contributed by atoms with van der Waals surface area (Å²) in [5.41, 5.74) is 5.58. The van der Waals surface area contributed by atoms with Crippen molar-refractivity contribution in [3.8, 4) is 33.5 Å². The fourth-order valence-electron chi connectivity index (χ4n) is 9.69. The Morgan fingerprint density at radius 1 is 0.944 bits per heavy atom. The van der Waals surface area contributed by atoms with E-state index >= 15 is 8.78 Å². The van der Waals surface area contributed by atoms with Crippen LogP contribution in [0.1, 0.15) is 87.2 Å². The highest BCUT2D eigenvalue weighted by atomic mass is 19.3. The van der Waals surface area contributed by atoms with Gasteiger partial charge in [0.2, 0.25) is 5.91 Å². The fourth-order valence-corrected chi connectivity index (χ4v) is 9.69. The van der Waals surface area contributed by atoms with Crippen molar-refractivity contribution in [2.75, 3.05) is 13.7 Å². The Kier molecular flexibility index (Phi) is 7.41. The van der Waals surface area contributed by atoms with E-state index in [4.69, 9.17) is 14.7 Å². The molecule has 2 amide bonds. The normalized spacial score (nSPS) is 24.7. The number of aromatic amines is 2. The van der Waals surface area contributed by atoms with Gasteiger partial charge in [0.1, 0.15) is 17.7 Å². The third-order valence-corrected chi connectivity index (χ3v) is 12.9. The lowest BCUT2D eigenvalue weighted by molar-refractivity contribution is -0.135. The highest BCUT2D eigenvalue weighted by molar-refractivity contribution is 5.88. The predicted molar refractivity (Wildman–Crippen MR) is 199 cm³/mol. The van der Waals surface area contributed by atoms with Crippen molar-refractivity contribution in [2.24, 2.45) is 17.3 Å². The summed E-state index contributed by atoms with van der Waals surface area (Å²) >= 11 is 0. The summed E-state index contributed by atoms with van der Waals surface area (Å²) in [5, 5.41) is 6.41. The molecule has 5 atom stereocenters. The maximum absolute atomic E-state index is 16.4. The Balaban J connectivity index is 0.914. The average molecular weight is 732 g/mol. The van der Waals surface area contributed by atoms with Crippen LogP contribution < -0.4 is 10.6 Å². The highest BCUT2D eigenvalue weighted by Gasteiger charge is 2.55. The molecule has 54 heavy (non-hydrogen) atoms. The first-order valence-electron chi connectivity index (χ1n) is 19.1. The summed E-state index contributed by atoms with van der Waals surface area (Å²) in [4.78, 5) is 44.3. The molecular weight excluding hydrogens is 689 g/mol. The number of carbonyl (C=O) groups excluding carboxylic acids is 2. The molecule has 4 fully saturated rings. The molecule has 0 unspecified atom stereocenters. The molecule has 2 aliphatic heterocycles. The number of alkyl carbamates (subject to hydrolysis) is 1. The van der Waals surface area contributed by atoms with Gasteiger partial charge in [0, 0.05) is 29.3 Å². The number of rotatable bonds is 7. The van der Waals surface area contributed by atoms with Gasteiger partial charge in [-0.2, -0.15) is 8.78 Å². The molecule has 3 aromatic carbocycles. The number of ether oxygens (including phenoxy) is 1. The number of methoxy groups -OCH3 is 1. The van der Waals surface area contributed by atoms with E-state index in [2.05, 4.69) is 20.6 Å². The molecule has 278 valence electrons. The molecule has 2 saturated carbocycles. The van der Waals surface area contributed by atoms with Crippen molar-refractivity contribution in [3.05, 3.63) is 83.6 Å². The molecular formula is C42H43F2N7O3. The number of carbonyl (C=O) groups is 2. The van der Waals surface area contributed by atoms with Gasteiger partial charge in [-0.15, -0.1) is 0 Å². The van der Waals surface area contributed by atoms with Gasteiger partial charge >= 0.3 is 6.09 Å². The number of fused-ring (bicyclic) bond motifs is 6. The number of piperidine rings is 1. The van der Waals surface area contributed by atoms with Gasteiger partial charge in [-0.25, -0.2) is 14.8 Å². The molecule has 0 radical (unpaired) electrons. The smallest absolute Gasteiger partial charge is 0.407 e. The number of alkyl halides is 2. The van der Waals surface area contributed by atoms with Crippen LogP contribution >= 0.6 is 0 Å². The van der Waals surface area contributed by atoms with E-state index in [1.807, 2.05) is 49.1 Å². The lowest BCUT2D eigenvalue weighted by Crippen LogP contribution is -2.51. The summed E-state index contributed by atoms with van der Waals surface area (Å²) in [6, 6.07) is 16.2. The Bertz CT molecular complexity index is 2340. The van der Waals surface area contributed by atoms with Crippen LogP contribution in [0.5, 0.6) is 0 Å². The molecule has 2 aromatic heterocycles. The van der Waals surface area contributed by atoms with E-state index in [0.29, 0.717) is 46.7 Å². The van der Waals surface area contributed by atoms with Crippen molar-refractivity contribution in [1.29, 1.82) is 0 Å². The van der Waals surface area contributed by atoms with E-state index in [1.165, 1.54) is 26.4 Å². The second kappa shape index (κ2) is 11.9. The number of aromatic nitrogens is 4. The molecule has 10 nitrogen and oxygen atoms in total. The van der Waals surface area contributed by atoms with Crippen molar-refractivity contribution in [1.82, 2.24) is 35.5 Å². The van der Waals surface area contributed by atoms with E-state index in [9.17, 15) is 9.59 Å². The van der Waals surface area contributed by atoms with Crippen molar-refractivity contribution >= 4 is 23.0 Å². The topological polar surface area (TPSA) is 128 Å². The van der Waals surface area contributed by atoms with Crippen LogP contribution in [0.2, 0.25) is 0 Å². The zero-order chi connectivity index (χ0) is 37.1. The molecule has 12 heteroatoms. The number of hydrogen-bond donors (Lipinski definition) is 4. The second-order valence-corrected chi connectivity index (χ2v) is 16.6. The van der Waals surface area contributed by atoms with Crippen LogP contribution in [0.3, 0.4) is 0 Å². The number of likely N-dealkylation sites (tertiary alicyclic amines) is 1. The van der Waals surface area contributed by atoms with Gasteiger partial charge in [0.25, 0.3) is 5.92 Å². The number of imidazole rings is 2. The molecule has 5 aliphatic rings. The number of amides is 2. The summed E-state index contributed by atoms with van der Waals surface area (Å²) in [6.07, 6.45) is 7.46. The van der Waals surface area contributed by atoms with Crippen molar-refractivity contribution < 1.29 is 23.1 Å². The largest absolute Gasteiger partial charge is 0.453 e. The lowest BCUT2D eigenvalue weighted by atomic mass is 9.98. The van der Waals surface area contributed by atoms with Crippen LogP contribution in [0.25, 0.3) is 44.5 Å². The first kappa shape index (κ1) is 33.5. The Labute approximate surface area is 311 Å². The van der Waals surface area contributed by atoms with E-state index in [1.54, 1.807) is 30.5 Å². The van der Waals surface area contributed by atoms with Gasteiger partial charge in [0.05, 0.1) is 42.1 Å². The quantitative estimate of drug-likeness (QED) is 0.134. The van der Waals surface area contributed by atoms with Gasteiger partial charge in [-0.05, 0) is 102 Å². The number of nitrogens with one attached hydrogen (secondary N) is 4. The lowest BCUT2D eigenvalue weighted by Gasteiger charge is -2.30. The number of benzene rings is 3. The predicted octanol–water partition coefficient (Wildman–Crippen LogP) is 7.99. The fraction of sp³-hybridized carbons (Fsp3) is 0.429. The Morgan fingerprint density at radius 2 is 1.67 bits per heavy atom. The second-order valence-electron chi connectivity index (χ2n) is 16.6. The maximum Gasteiger partial charge on any atom is 0.407 e. The molecule has 1 spiro atoms. The van der Waals surface area contributed by atoms with Gasteiger partial charge in [-0.1, -0.05) is 44.2 Å². The average Bonchev–Trinajstić information content (AvgIpc) is 3.83. The molecule has 4 N–H and O–H groups in total. The van der Waals surface area contributed by atoms with Gasteiger partial charge in [-0.3, -0.25) is 4.79 Å². The van der Waals surface area contributed by atoms with Crippen LogP contribution in [0, 0.1) is 17.3 Å². The molecule has 10 rings (SSSR count). The number of nitrogens with zero attached hydrogens (tertiary/aromatic N) is 3. The van der Waals surface area contributed by atoms with Gasteiger partial charge < -0.3 is 30.2 Å². The van der Waals surface area contributed by atoms with E-state index in [-0.39, 0.29) is 40.5 Å². The molecule has 2 saturated heterocycles. The van der Waals surface area contributed by atoms with Crippen LogP contribution in [-0.4, -0.2) is 62.6 Å². The summed E-state index contributed by atoms with van der Waals surface area (Å²) in [5.74, 6) is -1.37. The standard InChI is InChI=1S/C42H43F2N7O3/c1-21(2)35(50-40(53)54-3)39(52)51-20-41(12-13-41)18-34(51)37-45-19-33(49-37)24-6-10-28-27-9-5-22(15-29(27)42(43,44)30(28)16-24)23-7-11-31-32(17-23)48-38(47-31)36-25-4-8-26(14-25)46-36/h5-7,9-11,15-17,19,21,25-26,34-36,46H,4,8,12-14,18,20H2,1-3H3,(H,45,49)(H,47,48)(H,50,53)/t25-,26+,34-,35-,36-/m0/s1. The maximum atomic E-state index is 16.4. The molecule has 5 aromatic rings. The molecule has 2 bridgehead atoms. The Hall–Kier alpha value is -5.10. The minimum absolute atomic E-state index is 0.0101. The minimum Gasteiger partial charge on any atom is -0.453 e. The highest BCUT2D eigenvalue weighted by Crippen LogP contribution is 2.59. The van der Waals surface area contributed by atoms with E-state index < -0.39 is 18.1 Å². The SMILES string of the molecule is COC(=O)N[C@H](C(=O)N1CC2(CC2)C[C@H]1c1ncc(-c2ccc3c(c2)C(F)(F)c2cc(-c4ccc5nc([C@H]6N[C@@H]7CC[C@H]6C7)[nH]c5c4)ccc2-3)[nH]1)C(C)C. The summed E-state index contributed by atoms with van der Waals surface area (Å²) in [6.45, 7) is 4.35. The third kappa shape index (κ3) is 5.27. The van der Waals surface area contributed by atoms with E-state index in [0.717, 1.165) is 47.2 Å². The van der Waals surface area contributed by atoms with Crippen molar-refractivity contribution in [2.45, 2.75) is 82.5 Å². The molecule has 4 heterocycles. The zero-order valence-corrected chi connectivity index (χ0v) is 30.5. The molecule has 3 aliphatic carbocycles. The van der Waals surface area contributed by atoms with Crippen LogP contribution in [-0.2, 0) is 15.5 Å². The number of H-pyrrole nitrogens is 2. The number of hydrogen-bond acceptors (Lipinski definition) is 6. The van der Waals surface area contributed by atoms with Crippen molar-refractivity contribution in [3.63, 3.8) is 0 Å². The first-order valence-corrected chi connectivity index (χ1v) is 19.1. The number of halogens is 2. The van der Waals surface area contributed by atoms with Gasteiger partial charge in [0.15, 0.2) is 0 Å². The monoisotopic (exact) mass is 731 g/mol. The first-order chi connectivity index (χ1) is 26.0. The van der Waals surface area contributed by atoms with Crippen LogP contribution in [0.4, 0.5) is 13.6 Å². The third-order valence-electron chi connectivity index (χ3n) is 12.9. The zero-order valence-electron chi connectivity index (χ0n) is 30.5. The summed E-state index contributed by atoms with van der Waals surface area (Å²) in [7, 11) is 1.28. The Morgan fingerprint density at radius 3 is 2.35 bits per heavy atom.